The first-order valence-corrected chi connectivity index (χ1v) is 8.68. The van der Waals surface area contributed by atoms with Crippen LogP contribution >= 0.6 is 15.9 Å². The zero-order valence-corrected chi connectivity index (χ0v) is 15.6. The van der Waals surface area contributed by atoms with Crippen LogP contribution in [0.1, 0.15) is 21.5 Å². The third kappa shape index (κ3) is 3.77. The number of hydrogen-bond acceptors (Lipinski definition) is 3. The minimum atomic E-state index is -0.297. The lowest BCUT2D eigenvalue weighted by Crippen LogP contribution is -2.26. The molecular weight excluding hydrogens is 380 g/mol. The van der Waals surface area contributed by atoms with Gasteiger partial charge in [0.05, 0.1) is 5.69 Å². The average Bonchev–Trinajstić information content (AvgIpc) is 2.59. The zero-order chi connectivity index (χ0) is 18.0. The highest BCUT2D eigenvalue weighted by molar-refractivity contribution is 9.10. The van der Waals surface area contributed by atoms with E-state index >= 15 is 0 Å². The number of carbonyl (C=O) groups excluding carboxylic acids is 1. The van der Waals surface area contributed by atoms with Gasteiger partial charge in [0.25, 0.3) is 5.56 Å². The molecule has 0 amide bonds. The van der Waals surface area contributed by atoms with Crippen LogP contribution < -0.4 is 5.56 Å². The highest BCUT2D eigenvalue weighted by Crippen LogP contribution is 2.25. The van der Waals surface area contributed by atoms with Gasteiger partial charge in [-0.1, -0.05) is 51.8 Å². The molecule has 0 bridgehead atoms. The summed E-state index contributed by atoms with van der Waals surface area (Å²) in [6, 6.07) is 16.5. The van der Waals surface area contributed by atoms with E-state index < -0.39 is 0 Å². The van der Waals surface area contributed by atoms with Gasteiger partial charge in [0.1, 0.15) is 6.54 Å². The third-order valence-electron chi connectivity index (χ3n) is 4.00. The van der Waals surface area contributed by atoms with Crippen molar-refractivity contribution < 1.29 is 4.79 Å². The molecule has 0 saturated heterocycles. The number of aryl methyl sites for hydroxylation is 2. The lowest BCUT2D eigenvalue weighted by atomic mass is 10.0. The van der Waals surface area contributed by atoms with Gasteiger partial charge >= 0.3 is 0 Å². The Balaban J connectivity index is 1.97. The van der Waals surface area contributed by atoms with Crippen LogP contribution in [-0.4, -0.2) is 15.6 Å². The van der Waals surface area contributed by atoms with Crippen molar-refractivity contribution >= 4 is 21.7 Å². The van der Waals surface area contributed by atoms with Crippen LogP contribution in [0, 0.1) is 13.8 Å². The van der Waals surface area contributed by atoms with Crippen molar-refractivity contribution in [2.75, 3.05) is 0 Å². The summed E-state index contributed by atoms with van der Waals surface area (Å²) in [7, 11) is 0. The predicted molar refractivity (Wildman–Crippen MR) is 102 cm³/mol. The second kappa shape index (κ2) is 7.15. The summed E-state index contributed by atoms with van der Waals surface area (Å²) in [5.41, 5.74) is 3.74. The predicted octanol–water partition coefficient (Wildman–Crippen LogP) is 4.17. The molecule has 3 rings (SSSR count). The SMILES string of the molecule is Cc1ccc(C)c(C(=O)Cn2nc(-c3ccccc3Br)ccc2=O)c1. The normalized spacial score (nSPS) is 10.7. The third-order valence-corrected chi connectivity index (χ3v) is 4.69. The minimum Gasteiger partial charge on any atom is -0.292 e. The van der Waals surface area contributed by atoms with Crippen LogP contribution in [0.25, 0.3) is 11.3 Å². The van der Waals surface area contributed by atoms with Crippen molar-refractivity contribution in [3.63, 3.8) is 0 Å². The van der Waals surface area contributed by atoms with E-state index in [1.54, 1.807) is 6.07 Å². The number of carbonyl (C=O) groups is 1. The fourth-order valence-corrected chi connectivity index (χ4v) is 3.12. The summed E-state index contributed by atoms with van der Waals surface area (Å²) < 4.78 is 2.10. The Morgan fingerprint density at radius 1 is 1.08 bits per heavy atom. The van der Waals surface area contributed by atoms with Crippen molar-refractivity contribution in [1.29, 1.82) is 0 Å². The van der Waals surface area contributed by atoms with Crippen LogP contribution in [-0.2, 0) is 6.54 Å². The van der Waals surface area contributed by atoms with Crippen LogP contribution in [0.5, 0.6) is 0 Å². The first-order chi connectivity index (χ1) is 12.0. The summed E-state index contributed by atoms with van der Waals surface area (Å²) in [6.07, 6.45) is 0. The van der Waals surface area contributed by atoms with E-state index in [0.29, 0.717) is 11.3 Å². The van der Waals surface area contributed by atoms with Gasteiger partial charge in [-0.25, -0.2) is 4.68 Å². The molecular formula is C20H17BrN2O2. The molecule has 4 nitrogen and oxygen atoms in total. The molecule has 5 heteroatoms. The van der Waals surface area contributed by atoms with Crippen molar-refractivity contribution in [3.05, 3.63) is 86.1 Å². The second-order valence-corrected chi connectivity index (χ2v) is 6.79. The first-order valence-electron chi connectivity index (χ1n) is 7.89. The van der Waals surface area contributed by atoms with E-state index in [9.17, 15) is 9.59 Å². The van der Waals surface area contributed by atoms with E-state index in [1.807, 2.05) is 56.3 Å². The fraction of sp³-hybridized carbons (Fsp3) is 0.150. The standard InChI is InChI=1S/C20H17BrN2O2/c1-13-7-8-14(2)16(11-13)19(24)12-23-20(25)10-9-18(22-23)15-5-3-4-6-17(15)21/h3-11H,12H2,1-2H3. The van der Waals surface area contributed by atoms with Crippen molar-refractivity contribution in [3.8, 4) is 11.3 Å². The molecule has 0 N–H and O–H groups in total. The topological polar surface area (TPSA) is 52.0 Å². The molecule has 0 unspecified atom stereocenters. The molecule has 0 spiro atoms. The Labute approximate surface area is 154 Å². The fourth-order valence-electron chi connectivity index (χ4n) is 2.63. The Kier molecular flexibility index (Phi) is 4.95. The van der Waals surface area contributed by atoms with Crippen LogP contribution in [0.4, 0.5) is 0 Å². The van der Waals surface area contributed by atoms with Crippen LogP contribution in [0.15, 0.2) is 63.9 Å². The Morgan fingerprint density at radius 2 is 1.84 bits per heavy atom. The molecule has 0 aliphatic rings. The number of aromatic nitrogens is 2. The van der Waals surface area contributed by atoms with Crippen molar-refractivity contribution in [1.82, 2.24) is 9.78 Å². The summed E-state index contributed by atoms with van der Waals surface area (Å²) in [6.45, 7) is 3.75. The van der Waals surface area contributed by atoms with E-state index in [1.165, 1.54) is 10.7 Å². The van der Waals surface area contributed by atoms with Gasteiger partial charge in [0, 0.05) is 21.7 Å². The number of benzene rings is 2. The van der Waals surface area contributed by atoms with Gasteiger partial charge in [-0.2, -0.15) is 5.10 Å². The Hall–Kier alpha value is -2.53. The molecule has 0 aliphatic carbocycles. The van der Waals surface area contributed by atoms with Gasteiger partial charge in [-0.3, -0.25) is 9.59 Å². The molecule has 0 saturated carbocycles. The maximum Gasteiger partial charge on any atom is 0.267 e. The molecule has 0 atom stereocenters. The Morgan fingerprint density at radius 3 is 2.60 bits per heavy atom. The summed E-state index contributed by atoms with van der Waals surface area (Å²) >= 11 is 3.49. The van der Waals surface area contributed by atoms with Crippen LogP contribution in [0.3, 0.4) is 0 Å². The zero-order valence-electron chi connectivity index (χ0n) is 14.0. The Bertz CT molecular complexity index is 1010. The van der Waals surface area contributed by atoms with Gasteiger partial charge in [0.2, 0.25) is 0 Å². The molecule has 0 radical (unpaired) electrons. The van der Waals surface area contributed by atoms with E-state index in [2.05, 4.69) is 21.0 Å². The molecule has 1 aromatic heterocycles. The molecule has 3 aromatic rings. The summed E-state index contributed by atoms with van der Waals surface area (Å²) in [5.74, 6) is -0.125. The van der Waals surface area contributed by atoms with Crippen molar-refractivity contribution in [2.24, 2.45) is 0 Å². The summed E-state index contributed by atoms with van der Waals surface area (Å²) in [5, 5.41) is 4.37. The number of ketones is 1. The largest absolute Gasteiger partial charge is 0.292 e. The van der Waals surface area contributed by atoms with Gasteiger partial charge in [0.15, 0.2) is 5.78 Å². The molecule has 126 valence electrons. The summed E-state index contributed by atoms with van der Waals surface area (Å²) in [4.78, 5) is 24.8. The highest BCUT2D eigenvalue weighted by Gasteiger charge is 2.13. The van der Waals surface area contributed by atoms with Gasteiger partial charge in [-0.05, 0) is 37.6 Å². The monoisotopic (exact) mass is 396 g/mol. The number of hydrogen-bond donors (Lipinski definition) is 0. The quantitative estimate of drug-likeness (QED) is 0.621. The molecule has 0 fully saturated rings. The van der Waals surface area contributed by atoms with E-state index in [0.717, 1.165) is 21.2 Å². The van der Waals surface area contributed by atoms with E-state index in [4.69, 9.17) is 0 Å². The van der Waals surface area contributed by atoms with Gasteiger partial charge in [-0.15, -0.1) is 0 Å². The van der Waals surface area contributed by atoms with Gasteiger partial charge < -0.3 is 0 Å². The minimum absolute atomic E-state index is 0.0819. The lowest BCUT2D eigenvalue weighted by Gasteiger charge is -2.10. The molecule has 2 aromatic carbocycles. The maximum atomic E-state index is 12.6. The van der Waals surface area contributed by atoms with E-state index in [-0.39, 0.29) is 17.9 Å². The second-order valence-electron chi connectivity index (χ2n) is 5.94. The molecule has 1 heterocycles. The molecule has 25 heavy (non-hydrogen) atoms. The number of rotatable bonds is 4. The smallest absolute Gasteiger partial charge is 0.267 e. The average molecular weight is 397 g/mol. The number of nitrogens with zero attached hydrogens (tertiary/aromatic N) is 2. The highest BCUT2D eigenvalue weighted by atomic mass is 79.9. The number of Topliss-reactive ketones (excluding diaryl/α,β-unsaturated/α-hetero) is 1. The molecule has 0 aliphatic heterocycles. The van der Waals surface area contributed by atoms with Crippen LogP contribution in [0.2, 0.25) is 0 Å². The lowest BCUT2D eigenvalue weighted by molar-refractivity contribution is 0.0965. The number of halogens is 1. The maximum absolute atomic E-state index is 12.6. The first kappa shape index (κ1) is 17.3. The van der Waals surface area contributed by atoms with Crippen molar-refractivity contribution in [2.45, 2.75) is 20.4 Å².